The van der Waals surface area contributed by atoms with Crippen LogP contribution in [0.2, 0.25) is 0 Å². The number of aliphatic hydroxyl groups excluding tert-OH is 2. The summed E-state index contributed by atoms with van der Waals surface area (Å²) in [5, 5.41) is 19.1. The van der Waals surface area contributed by atoms with Gasteiger partial charge in [-0.15, -0.1) is 0 Å². The summed E-state index contributed by atoms with van der Waals surface area (Å²) in [5.74, 6) is -0.247. The van der Waals surface area contributed by atoms with E-state index in [1.165, 1.54) is 7.85 Å². The molecule has 0 aliphatic rings. The fraction of sp³-hybridized carbons (Fsp3) is 0.750. The van der Waals surface area contributed by atoms with E-state index in [9.17, 15) is 4.79 Å². The number of carbonyl (C=O) groups is 1. The van der Waals surface area contributed by atoms with Crippen LogP contribution in [0.1, 0.15) is 0 Å². The van der Waals surface area contributed by atoms with Gasteiger partial charge in [0.2, 0.25) is 7.85 Å². The van der Waals surface area contributed by atoms with Crippen molar-refractivity contribution in [2.75, 3.05) is 13.2 Å². The molecule has 0 aromatic rings. The lowest BCUT2D eigenvalue weighted by Crippen LogP contribution is -2.39. The molecule has 0 spiro atoms. The van der Waals surface area contributed by atoms with Gasteiger partial charge in [0.1, 0.15) is 0 Å². The molecule has 0 rings (SSSR count). The Morgan fingerprint density at radius 2 is 2.00 bits per heavy atom. The number of aliphatic hydroxyl groups is 2. The number of carbonyl (C=O) groups excluding carboxylic acids is 1. The zero-order valence-corrected chi connectivity index (χ0v) is 5.29. The van der Waals surface area contributed by atoms with Crippen LogP contribution >= 0.6 is 0 Å². The predicted octanol–water partition coefficient (Wildman–Crippen LogP) is -2.32. The molecular weight excluding hydrogens is 121 g/mol. The summed E-state index contributed by atoms with van der Waals surface area (Å²) in [6, 6.07) is -0.512. The second-order valence-corrected chi connectivity index (χ2v) is 1.76. The molecule has 9 heavy (non-hydrogen) atoms. The third kappa shape index (κ3) is 3.99. The molecule has 0 fully saturated rings. The first-order valence-electron chi connectivity index (χ1n) is 2.69. The highest BCUT2D eigenvalue weighted by atomic mass is 16.3. The molecule has 0 aliphatic carbocycles. The van der Waals surface area contributed by atoms with Crippen LogP contribution in [0.25, 0.3) is 0 Å². The number of rotatable bonds is 3. The van der Waals surface area contributed by atoms with Crippen LogP contribution in [0.3, 0.4) is 0 Å². The lowest BCUT2D eigenvalue weighted by atomic mass is 10.1. The standard InChI is InChI=1S/C4H10BNO3/c5-4(9)6-3(1-7)2-8/h3,7-8H,1-2,5H2,(H,6,9). The van der Waals surface area contributed by atoms with Gasteiger partial charge >= 0.3 is 0 Å². The summed E-state index contributed by atoms with van der Waals surface area (Å²) in [7, 11) is 1.33. The average molecular weight is 131 g/mol. The average Bonchev–Trinajstić information content (AvgIpc) is 1.82. The van der Waals surface area contributed by atoms with E-state index >= 15 is 0 Å². The highest BCUT2D eigenvalue weighted by molar-refractivity contribution is 6.57. The molecule has 0 atom stereocenters. The Morgan fingerprint density at radius 1 is 1.56 bits per heavy atom. The zero-order chi connectivity index (χ0) is 7.28. The molecule has 0 aromatic carbocycles. The van der Waals surface area contributed by atoms with E-state index in [1.54, 1.807) is 0 Å². The SMILES string of the molecule is BC(=O)NC(CO)CO. The molecular formula is C4H10BNO3. The fourth-order valence-corrected chi connectivity index (χ4v) is 0.436. The summed E-state index contributed by atoms with van der Waals surface area (Å²) in [5.41, 5.74) is 0. The van der Waals surface area contributed by atoms with Crippen molar-refractivity contribution in [3.05, 3.63) is 0 Å². The first kappa shape index (κ1) is 8.45. The third-order valence-corrected chi connectivity index (χ3v) is 0.848. The Kier molecular flexibility index (Phi) is 4.08. The summed E-state index contributed by atoms with van der Waals surface area (Å²) in [6.07, 6.45) is 0. The van der Waals surface area contributed by atoms with Crippen LogP contribution in [-0.4, -0.2) is 43.1 Å². The van der Waals surface area contributed by atoms with Gasteiger partial charge in [-0.05, 0) is 0 Å². The quantitative estimate of drug-likeness (QED) is 0.376. The lowest BCUT2D eigenvalue weighted by Gasteiger charge is -2.10. The van der Waals surface area contributed by atoms with Crippen molar-refractivity contribution in [1.82, 2.24) is 5.32 Å². The van der Waals surface area contributed by atoms with E-state index in [4.69, 9.17) is 10.2 Å². The summed E-state index contributed by atoms with van der Waals surface area (Å²) in [4.78, 5) is 10.2. The largest absolute Gasteiger partial charge is 0.394 e. The lowest BCUT2D eigenvalue weighted by molar-refractivity contribution is 0.174. The van der Waals surface area contributed by atoms with E-state index in [2.05, 4.69) is 5.32 Å². The van der Waals surface area contributed by atoms with Crippen molar-refractivity contribution in [3.8, 4) is 0 Å². The zero-order valence-electron chi connectivity index (χ0n) is 5.29. The molecule has 0 radical (unpaired) electrons. The van der Waals surface area contributed by atoms with Gasteiger partial charge in [-0.1, -0.05) is 0 Å². The van der Waals surface area contributed by atoms with Gasteiger partial charge in [0.05, 0.1) is 19.3 Å². The minimum atomic E-state index is -0.512. The second-order valence-electron chi connectivity index (χ2n) is 1.76. The summed E-state index contributed by atoms with van der Waals surface area (Å²) in [6.45, 7) is -0.452. The van der Waals surface area contributed by atoms with Crippen LogP contribution < -0.4 is 5.32 Å². The molecule has 0 bridgehead atoms. The third-order valence-electron chi connectivity index (χ3n) is 0.848. The van der Waals surface area contributed by atoms with Crippen molar-refractivity contribution in [2.24, 2.45) is 0 Å². The van der Waals surface area contributed by atoms with Gasteiger partial charge in [0.25, 0.3) is 0 Å². The predicted molar refractivity (Wildman–Crippen MR) is 35.0 cm³/mol. The number of hydrogen-bond donors (Lipinski definition) is 3. The first-order chi connectivity index (χ1) is 4.20. The molecule has 0 heterocycles. The van der Waals surface area contributed by atoms with Crippen molar-refractivity contribution in [1.29, 1.82) is 0 Å². The van der Waals surface area contributed by atoms with Crippen molar-refractivity contribution in [3.63, 3.8) is 0 Å². The van der Waals surface area contributed by atoms with Gasteiger partial charge in [0.15, 0.2) is 5.81 Å². The highest BCUT2D eigenvalue weighted by Crippen LogP contribution is 1.77. The topological polar surface area (TPSA) is 69.6 Å². The maximum absolute atomic E-state index is 10.2. The summed E-state index contributed by atoms with van der Waals surface area (Å²) < 4.78 is 0. The molecule has 5 heteroatoms. The van der Waals surface area contributed by atoms with Crippen LogP contribution in [0.15, 0.2) is 0 Å². The van der Waals surface area contributed by atoms with Gasteiger partial charge in [-0.25, -0.2) is 0 Å². The van der Waals surface area contributed by atoms with E-state index in [0.29, 0.717) is 0 Å². The Morgan fingerprint density at radius 3 is 2.11 bits per heavy atom. The van der Waals surface area contributed by atoms with Crippen LogP contribution in [0, 0.1) is 0 Å². The molecule has 0 unspecified atom stereocenters. The normalized spacial score (nSPS) is 9.67. The first-order valence-corrected chi connectivity index (χ1v) is 2.69. The maximum Gasteiger partial charge on any atom is 0.215 e. The summed E-state index contributed by atoms with van der Waals surface area (Å²) >= 11 is 0. The van der Waals surface area contributed by atoms with Crippen molar-refractivity contribution < 1.29 is 15.0 Å². The van der Waals surface area contributed by atoms with Gasteiger partial charge in [-0.2, -0.15) is 0 Å². The van der Waals surface area contributed by atoms with Crippen LogP contribution in [0.5, 0.6) is 0 Å². The maximum atomic E-state index is 10.2. The minimum Gasteiger partial charge on any atom is -0.394 e. The number of amides is 1. The molecule has 0 aromatic heterocycles. The second kappa shape index (κ2) is 4.35. The molecule has 3 N–H and O–H groups in total. The van der Waals surface area contributed by atoms with E-state index in [1.807, 2.05) is 0 Å². The van der Waals surface area contributed by atoms with Crippen LogP contribution in [0.4, 0.5) is 4.79 Å². The molecule has 0 aliphatic heterocycles. The van der Waals surface area contributed by atoms with Gasteiger partial charge in [-0.3, -0.25) is 4.79 Å². The monoisotopic (exact) mass is 131 g/mol. The van der Waals surface area contributed by atoms with Gasteiger partial charge < -0.3 is 15.5 Å². The molecule has 0 saturated carbocycles. The van der Waals surface area contributed by atoms with Crippen molar-refractivity contribution in [2.45, 2.75) is 6.04 Å². The van der Waals surface area contributed by atoms with E-state index < -0.39 is 6.04 Å². The van der Waals surface area contributed by atoms with Gasteiger partial charge in [0, 0.05) is 0 Å². The molecule has 52 valence electrons. The molecule has 0 saturated heterocycles. The fourth-order valence-electron chi connectivity index (χ4n) is 0.436. The number of hydrogen-bond acceptors (Lipinski definition) is 3. The highest BCUT2D eigenvalue weighted by Gasteiger charge is 2.04. The van der Waals surface area contributed by atoms with E-state index in [0.717, 1.165) is 0 Å². The van der Waals surface area contributed by atoms with Crippen molar-refractivity contribution >= 4 is 13.7 Å². The molecule has 4 nitrogen and oxygen atoms in total. The Bertz CT molecular complexity index is 93.8. The van der Waals surface area contributed by atoms with E-state index in [-0.39, 0.29) is 19.0 Å². The smallest absolute Gasteiger partial charge is 0.215 e. The van der Waals surface area contributed by atoms with Crippen LogP contribution in [-0.2, 0) is 0 Å². The molecule has 1 amide bonds. The Balaban J connectivity index is 3.43. The Labute approximate surface area is 54.3 Å². The Hall–Kier alpha value is -0.545. The minimum absolute atomic E-state index is 0.226. The number of nitrogens with one attached hydrogen (secondary N) is 1.